The average molecular weight is 314 g/mol. The third kappa shape index (κ3) is 5.45. The lowest BCUT2D eigenvalue weighted by Crippen LogP contribution is -2.26. The van der Waals surface area contributed by atoms with Crippen molar-refractivity contribution in [1.82, 2.24) is 9.62 Å². The molecule has 0 heterocycles. The normalized spacial score (nSPS) is 11.8. The third-order valence-electron chi connectivity index (χ3n) is 3.05. The first kappa shape index (κ1) is 17.6. The number of hydrogen-bond donors (Lipinski definition) is 2. The second-order valence-electron chi connectivity index (χ2n) is 5.19. The summed E-state index contributed by atoms with van der Waals surface area (Å²) in [6.45, 7) is 2.88. The molecule has 0 bridgehead atoms. The Hall–Kier alpha value is -1.44. The summed E-state index contributed by atoms with van der Waals surface area (Å²) in [5.74, 6) is -1.14. The number of unbranched alkanes of at least 4 members (excludes halogenated alkanes) is 1. The maximum Gasteiger partial charge on any atom is 0.335 e. The van der Waals surface area contributed by atoms with E-state index in [1.54, 1.807) is 6.92 Å². The second-order valence-corrected chi connectivity index (χ2v) is 6.93. The van der Waals surface area contributed by atoms with Gasteiger partial charge in [-0.3, -0.25) is 0 Å². The third-order valence-corrected chi connectivity index (χ3v) is 4.65. The van der Waals surface area contributed by atoms with E-state index in [0.29, 0.717) is 12.1 Å². The highest BCUT2D eigenvalue weighted by Gasteiger charge is 2.18. The molecule has 0 saturated carbocycles. The highest BCUT2D eigenvalue weighted by Crippen LogP contribution is 2.17. The number of aryl methyl sites for hydroxylation is 1. The molecule has 0 amide bonds. The Balaban J connectivity index is 2.74. The number of hydrogen-bond acceptors (Lipinski definition) is 4. The first-order chi connectivity index (χ1) is 9.74. The van der Waals surface area contributed by atoms with Crippen molar-refractivity contribution in [3.05, 3.63) is 29.3 Å². The van der Waals surface area contributed by atoms with Gasteiger partial charge in [-0.15, -0.1) is 0 Å². The summed E-state index contributed by atoms with van der Waals surface area (Å²) in [5.41, 5.74) is 0.495. The summed E-state index contributed by atoms with van der Waals surface area (Å²) in [7, 11) is 0.252. The molecule has 0 aliphatic heterocycles. The van der Waals surface area contributed by atoms with Gasteiger partial charge in [0.1, 0.15) is 0 Å². The molecule has 21 heavy (non-hydrogen) atoms. The number of benzene rings is 1. The van der Waals surface area contributed by atoms with Crippen LogP contribution in [0.5, 0.6) is 0 Å². The Morgan fingerprint density at radius 2 is 1.95 bits per heavy atom. The van der Waals surface area contributed by atoms with Gasteiger partial charge in [0.2, 0.25) is 10.0 Å². The highest BCUT2D eigenvalue weighted by molar-refractivity contribution is 7.89. The maximum absolute atomic E-state index is 12.2. The summed E-state index contributed by atoms with van der Waals surface area (Å²) < 4.78 is 26.9. The molecule has 1 aromatic rings. The molecule has 1 aromatic carbocycles. The van der Waals surface area contributed by atoms with Gasteiger partial charge in [0.25, 0.3) is 0 Å². The quantitative estimate of drug-likeness (QED) is 0.707. The lowest BCUT2D eigenvalue weighted by molar-refractivity contribution is 0.0696. The van der Waals surface area contributed by atoms with Gasteiger partial charge >= 0.3 is 5.97 Å². The largest absolute Gasteiger partial charge is 0.478 e. The van der Waals surface area contributed by atoms with Crippen LogP contribution in [0.3, 0.4) is 0 Å². The van der Waals surface area contributed by atoms with Crippen molar-refractivity contribution in [2.24, 2.45) is 0 Å². The van der Waals surface area contributed by atoms with E-state index in [1.165, 1.54) is 18.2 Å². The van der Waals surface area contributed by atoms with Gasteiger partial charge in [-0.25, -0.2) is 17.9 Å². The van der Waals surface area contributed by atoms with Crippen LogP contribution in [0.15, 0.2) is 23.1 Å². The number of nitrogens with one attached hydrogen (secondary N) is 1. The minimum absolute atomic E-state index is 0.0232. The van der Waals surface area contributed by atoms with Crippen LogP contribution in [-0.2, 0) is 10.0 Å². The topological polar surface area (TPSA) is 86.7 Å². The molecule has 0 fully saturated rings. The molecule has 7 heteroatoms. The molecule has 0 atom stereocenters. The maximum atomic E-state index is 12.2. The van der Waals surface area contributed by atoms with Crippen molar-refractivity contribution in [2.45, 2.75) is 24.7 Å². The van der Waals surface area contributed by atoms with Crippen molar-refractivity contribution in [3.8, 4) is 0 Å². The van der Waals surface area contributed by atoms with Crippen LogP contribution in [0.2, 0.25) is 0 Å². The summed E-state index contributed by atoms with van der Waals surface area (Å²) in [5, 5.41) is 8.94. The zero-order valence-electron chi connectivity index (χ0n) is 12.6. The van der Waals surface area contributed by atoms with E-state index in [0.717, 1.165) is 19.4 Å². The number of sulfonamides is 1. The molecule has 118 valence electrons. The Morgan fingerprint density at radius 1 is 1.29 bits per heavy atom. The molecular formula is C14H22N2O4S. The zero-order chi connectivity index (χ0) is 16.0. The fourth-order valence-corrected chi connectivity index (χ4v) is 3.20. The van der Waals surface area contributed by atoms with Gasteiger partial charge < -0.3 is 10.0 Å². The lowest BCUT2D eigenvalue weighted by atomic mass is 10.1. The average Bonchev–Trinajstić information content (AvgIpc) is 2.37. The Labute approximate surface area is 125 Å². The van der Waals surface area contributed by atoms with Gasteiger partial charge in [0.15, 0.2) is 0 Å². The van der Waals surface area contributed by atoms with Gasteiger partial charge in [-0.1, -0.05) is 6.07 Å². The molecule has 2 N–H and O–H groups in total. The molecule has 0 aliphatic carbocycles. The number of aromatic carboxylic acids is 1. The highest BCUT2D eigenvalue weighted by atomic mass is 32.2. The predicted molar refractivity (Wildman–Crippen MR) is 81.1 cm³/mol. The Kier molecular flexibility index (Phi) is 6.32. The van der Waals surface area contributed by atoms with Crippen molar-refractivity contribution in [1.29, 1.82) is 0 Å². The van der Waals surface area contributed by atoms with E-state index in [2.05, 4.69) is 4.72 Å². The monoisotopic (exact) mass is 314 g/mol. The molecular weight excluding hydrogens is 292 g/mol. The van der Waals surface area contributed by atoms with Crippen LogP contribution in [0.25, 0.3) is 0 Å². The number of carbonyl (C=O) groups is 1. The second kappa shape index (κ2) is 7.53. The SMILES string of the molecule is Cc1ccc(C(=O)O)cc1S(=O)(=O)NCCCCN(C)C. The van der Waals surface area contributed by atoms with Crippen molar-refractivity contribution in [3.63, 3.8) is 0 Å². The number of carboxylic acid groups (broad SMARTS) is 1. The van der Waals surface area contributed by atoms with Gasteiger partial charge in [-0.05, 0) is 58.1 Å². The Bertz CT molecular complexity index is 597. The number of rotatable bonds is 8. The van der Waals surface area contributed by atoms with Crippen molar-refractivity contribution >= 4 is 16.0 Å². The van der Waals surface area contributed by atoms with Gasteiger partial charge in [0.05, 0.1) is 10.5 Å². The lowest BCUT2D eigenvalue weighted by Gasteiger charge is -2.11. The van der Waals surface area contributed by atoms with E-state index >= 15 is 0 Å². The van der Waals surface area contributed by atoms with Crippen LogP contribution in [0, 0.1) is 6.92 Å². The zero-order valence-corrected chi connectivity index (χ0v) is 13.4. The number of nitrogens with zero attached hydrogens (tertiary/aromatic N) is 1. The minimum Gasteiger partial charge on any atom is -0.478 e. The van der Waals surface area contributed by atoms with E-state index < -0.39 is 16.0 Å². The van der Waals surface area contributed by atoms with E-state index in [9.17, 15) is 13.2 Å². The van der Waals surface area contributed by atoms with E-state index in [1.807, 2.05) is 19.0 Å². The Morgan fingerprint density at radius 3 is 2.52 bits per heavy atom. The molecule has 6 nitrogen and oxygen atoms in total. The van der Waals surface area contributed by atoms with Gasteiger partial charge in [0, 0.05) is 6.54 Å². The first-order valence-corrected chi connectivity index (χ1v) is 8.20. The molecule has 0 spiro atoms. The van der Waals surface area contributed by atoms with E-state index in [4.69, 9.17) is 5.11 Å². The molecule has 0 aromatic heterocycles. The van der Waals surface area contributed by atoms with Crippen LogP contribution in [-0.4, -0.2) is 51.6 Å². The summed E-state index contributed by atoms with van der Waals surface area (Å²) in [4.78, 5) is 13.0. The molecule has 0 radical (unpaired) electrons. The molecule has 0 aliphatic rings. The van der Waals surface area contributed by atoms with Crippen LogP contribution in [0.1, 0.15) is 28.8 Å². The standard InChI is InChI=1S/C14H22N2O4S/c1-11-6-7-12(14(17)18)10-13(11)21(19,20)15-8-4-5-9-16(2)3/h6-7,10,15H,4-5,8-9H2,1-3H3,(H,17,18). The summed E-state index contributed by atoms with van der Waals surface area (Å²) in [6.07, 6.45) is 1.62. The smallest absolute Gasteiger partial charge is 0.335 e. The fourth-order valence-electron chi connectivity index (χ4n) is 1.86. The predicted octanol–water partition coefficient (Wildman–Crippen LogP) is 1.31. The minimum atomic E-state index is -3.67. The van der Waals surface area contributed by atoms with Crippen molar-refractivity contribution in [2.75, 3.05) is 27.2 Å². The first-order valence-electron chi connectivity index (χ1n) is 6.72. The summed E-state index contributed by atoms with van der Waals surface area (Å²) in [6, 6.07) is 4.09. The van der Waals surface area contributed by atoms with Crippen molar-refractivity contribution < 1.29 is 18.3 Å². The molecule has 0 unspecified atom stereocenters. The van der Waals surface area contributed by atoms with Crippen LogP contribution in [0.4, 0.5) is 0 Å². The van der Waals surface area contributed by atoms with Crippen LogP contribution >= 0.6 is 0 Å². The van der Waals surface area contributed by atoms with Crippen LogP contribution < -0.4 is 4.72 Å². The molecule has 0 saturated heterocycles. The molecule has 1 rings (SSSR count). The fraction of sp³-hybridized carbons (Fsp3) is 0.500. The van der Waals surface area contributed by atoms with E-state index in [-0.39, 0.29) is 10.5 Å². The van der Waals surface area contributed by atoms with Gasteiger partial charge in [-0.2, -0.15) is 0 Å². The number of carboxylic acids is 1. The summed E-state index contributed by atoms with van der Waals surface area (Å²) >= 11 is 0.